The van der Waals surface area contributed by atoms with Gasteiger partial charge in [-0.25, -0.2) is 17.6 Å². The Hall–Kier alpha value is -2.80. The summed E-state index contributed by atoms with van der Waals surface area (Å²) in [6, 6.07) is 14.7. The second-order valence-corrected chi connectivity index (χ2v) is 7.95. The Kier molecular flexibility index (Phi) is 5.56. The van der Waals surface area contributed by atoms with E-state index in [1.54, 1.807) is 0 Å². The molecule has 1 aliphatic carbocycles. The SMILES string of the molecule is CCC1CCCCC1(C#Cc1cc(F)c(F)c(F)c1F)c1cccc2ccccc12. The van der Waals surface area contributed by atoms with Crippen LogP contribution in [0.15, 0.2) is 48.5 Å². The molecule has 2 atom stereocenters. The zero-order valence-electron chi connectivity index (χ0n) is 16.7. The van der Waals surface area contributed by atoms with Gasteiger partial charge in [-0.1, -0.05) is 80.5 Å². The van der Waals surface area contributed by atoms with Gasteiger partial charge < -0.3 is 0 Å². The normalized spacial score (nSPS) is 21.3. The first-order valence-electron chi connectivity index (χ1n) is 10.3. The molecule has 0 amide bonds. The molecule has 154 valence electrons. The number of fused-ring (bicyclic) bond motifs is 1. The molecule has 30 heavy (non-hydrogen) atoms. The van der Waals surface area contributed by atoms with Crippen molar-refractivity contribution in [3.8, 4) is 11.8 Å². The number of halogens is 4. The van der Waals surface area contributed by atoms with Crippen LogP contribution in [0, 0.1) is 41.0 Å². The molecule has 0 aliphatic heterocycles. The molecule has 0 bridgehead atoms. The predicted octanol–water partition coefficient (Wildman–Crippen LogP) is 7.29. The van der Waals surface area contributed by atoms with E-state index in [9.17, 15) is 17.6 Å². The highest BCUT2D eigenvalue weighted by atomic mass is 19.2. The maximum atomic E-state index is 14.3. The van der Waals surface area contributed by atoms with Gasteiger partial charge in [0.1, 0.15) is 0 Å². The molecule has 4 heteroatoms. The molecule has 2 unspecified atom stereocenters. The van der Waals surface area contributed by atoms with Crippen LogP contribution in [-0.4, -0.2) is 0 Å². The van der Waals surface area contributed by atoms with E-state index in [0.29, 0.717) is 6.07 Å². The zero-order valence-corrected chi connectivity index (χ0v) is 16.7. The van der Waals surface area contributed by atoms with Crippen molar-refractivity contribution in [3.63, 3.8) is 0 Å². The highest BCUT2D eigenvalue weighted by molar-refractivity contribution is 5.87. The molecular weight excluding hydrogens is 388 g/mol. The fraction of sp³-hybridized carbons (Fsp3) is 0.308. The summed E-state index contributed by atoms with van der Waals surface area (Å²) in [5, 5.41) is 2.16. The Balaban J connectivity index is 1.95. The van der Waals surface area contributed by atoms with Crippen LogP contribution >= 0.6 is 0 Å². The van der Waals surface area contributed by atoms with Crippen molar-refractivity contribution < 1.29 is 17.6 Å². The van der Waals surface area contributed by atoms with Gasteiger partial charge in [-0.2, -0.15) is 0 Å². The van der Waals surface area contributed by atoms with E-state index in [-0.39, 0.29) is 5.92 Å². The molecule has 4 rings (SSSR count). The molecule has 0 saturated heterocycles. The van der Waals surface area contributed by atoms with Crippen molar-refractivity contribution >= 4 is 10.8 Å². The van der Waals surface area contributed by atoms with Crippen LogP contribution in [0.1, 0.15) is 50.2 Å². The number of hydrogen-bond donors (Lipinski definition) is 0. The van der Waals surface area contributed by atoms with Gasteiger partial charge in [-0.05, 0) is 41.2 Å². The summed E-state index contributed by atoms with van der Waals surface area (Å²) >= 11 is 0. The average Bonchev–Trinajstić information content (AvgIpc) is 2.79. The maximum absolute atomic E-state index is 14.3. The van der Waals surface area contributed by atoms with E-state index in [4.69, 9.17) is 0 Å². The Morgan fingerprint density at radius 3 is 2.50 bits per heavy atom. The van der Waals surface area contributed by atoms with E-state index >= 15 is 0 Å². The van der Waals surface area contributed by atoms with Crippen molar-refractivity contribution in [1.82, 2.24) is 0 Å². The van der Waals surface area contributed by atoms with Gasteiger partial charge in [0.2, 0.25) is 0 Å². The third-order valence-electron chi connectivity index (χ3n) is 6.36. The van der Waals surface area contributed by atoms with Gasteiger partial charge in [-0.15, -0.1) is 0 Å². The summed E-state index contributed by atoms with van der Waals surface area (Å²) in [6.07, 6.45) is 4.68. The summed E-state index contributed by atoms with van der Waals surface area (Å²) in [4.78, 5) is 0. The van der Waals surface area contributed by atoms with Gasteiger partial charge in [-0.3, -0.25) is 0 Å². The first kappa shape index (κ1) is 20.5. The van der Waals surface area contributed by atoms with Crippen LogP contribution in [0.25, 0.3) is 10.8 Å². The number of rotatable bonds is 2. The molecule has 0 spiro atoms. The highest BCUT2D eigenvalue weighted by Crippen LogP contribution is 2.47. The van der Waals surface area contributed by atoms with E-state index < -0.39 is 34.2 Å². The second kappa shape index (κ2) is 8.14. The van der Waals surface area contributed by atoms with Crippen molar-refractivity contribution in [2.45, 2.75) is 44.4 Å². The first-order chi connectivity index (χ1) is 14.5. The standard InChI is InChI=1S/C26H22F4/c1-2-19-10-5-6-14-26(19,21-12-7-9-17-8-3-4-11-20(17)21)15-13-18-16-22(27)24(29)25(30)23(18)28/h3-4,7-9,11-12,16,19H,2,5-6,10,14H2,1H3. The van der Waals surface area contributed by atoms with Crippen LogP contribution < -0.4 is 0 Å². The Bertz CT molecular complexity index is 1150. The van der Waals surface area contributed by atoms with Gasteiger partial charge in [0.25, 0.3) is 0 Å². The third-order valence-corrected chi connectivity index (χ3v) is 6.36. The number of hydrogen-bond acceptors (Lipinski definition) is 0. The monoisotopic (exact) mass is 410 g/mol. The van der Waals surface area contributed by atoms with E-state index in [2.05, 4.69) is 18.8 Å². The molecule has 1 saturated carbocycles. The molecule has 0 nitrogen and oxygen atoms in total. The van der Waals surface area contributed by atoms with Crippen LogP contribution in [0.4, 0.5) is 17.6 Å². The lowest BCUT2D eigenvalue weighted by Gasteiger charge is -2.41. The fourth-order valence-corrected chi connectivity index (χ4v) is 4.84. The summed E-state index contributed by atoms with van der Waals surface area (Å²) in [6.45, 7) is 2.11. The Morgan fingerprint density at radius 1 is 0.933 bits per heavy atom. The Labute approximate surface area is 173 Å². The lowest BCUT2D eigenvalue weighted by Crippen LogP contribution is -2.37. The first-order valence-corrected chi connectivity index (χ1v) is 10.3. The minimum Gasteiger partial charge on any atom is -0.204 e. The summed E-state index contributed by atoms with van der Waals surface area (Å²) < 4.78 is 55.1. The summed E-state index contributed by atoms with van der Waals surface area (Å²) in [5.74, 6) is -0.379. The summed E-state index contributed by atoms with van der Waals surface area (Å²) in [5.41, 5.74) is 0.0383. The van der Waals surface area contributed by atoms with Gasteiger partial charge >= 0.3 is 0 Å². The fourth-order valence-electron chi connectivity index (χ4n) is 4.84. The van der Waals surface area contributed by atoms with Crippen LogP contribution in [0.5, 0.6) is 0 Å². The van der Waals surface area contributed by atoms with Gasteiger partial charge in [0.15, 0.2) is 23.3 Å². The van der Waals surface area contributed by atoms with Crippen LogP contribution in [-0.2, 0) is 5.41 Å². The molecular formula is C26H22F4. The smallest absolute Gasteiger partial charge is 0.198 e. The van der Waals surface area contributed by atoms with E-state index in [0.717, 1.165) is 48.4 Å². The van der Waals surface area contributed by atoms with Crippen LogP contribution in [0.3, 0.4) is 0 Å². The van der Waals surface area contributed by atoms with Crippen molar-refractivity contribution in [2.75, 3.05) is 0 Å². The van der Waals surface area contributed by atoms with Crippen LogP contribution in [0.2, 0.25) is 0 Å². The maximum Gasteiger partial charge on any atom is 0.198 e. The molecule has 0 aromatic heterocycles. The molecule has 3 aromatic carbocycles. The second-order valence-electron chi connectivity index (χ2n) is 7.95. The average molecular weight is 410 g/mol. The quantitative estimate of drug-likeness (QED) is 0.180. The van der Waals surface area contributed by atoms with E-state index in [1.165, 1.54) is 0 Å². The minimum absolute atomic E-state index is 0.225. The molecule has 1 fully saturated rings. The zero-order chi connectivity index (χ0) is 21.3. The lowest BCUT2D eigenvalue weighted by molar-refractivity contribution is 0.238. The van der Waals surface area contributed by atoms with Gasteiger partial charge in [0, 0.05) is 0 Å². The molecule has 0 heterocycles. The minimum atomic E-state index is -1.82. The van der Waals surface area contributed by atoms with E-state index in [1.807, 2.05) is 42.5 Å². The largest absolute Gasteiger partial charge is 0.204 e. The lowest BCUT2D eigenvalue weighted by atomic mass is 9.61. The highest BCUT2D eigenvalue weighted by Gasteiger charge is 2.41. The third kappa shape index (κ3) is 3.37. The molecule has 0 radical (unpaired) electrons. The molecule has 1 aliphatic rings. The number of benzene rings is 3. The van der Waals surface area contributed by atoms with Crippen molar-refractivity contribution in [1.29, 1.82) is 0 Å². The van der Waals surface area contributed by atoms with Crippen molar-refractivity contribution in [3.05, 3.63) is 82.9 Å². The predicted molar refractivity (Wildman–Crippen MR) is 111 cm³/mol. The topological polar surface area (TPSA) is 0 Å². The summed E-state index contributed by atoms with van der Waals surface area (Å²) in [7, 11) is 0. The van der Waals surface area contributed by atoms with Gasteiger partial charge in [0.05, 0.1) is 11.0 Å². The Morgan fingerprint density at radius 2 is 1.70 bits per heavy atom. The molecule has 3 aromatic rings. The van der Waals surface area contributed by atoms with Crippen molar-refractivity contribution in [2.24, 2.45) is 5.92 Å². The molecule has 0 N–H and O–H groups in total.